The highest BCUT2D eigenvalue weighted by atomic mass is 35.5. The predicted octanol–water partition coefficient (Wildman–Crippen LogP) is 2.09. The number of nitrogens with one attached hydrogen (secondary N) is 1. The largest absolute Gasteiger partial charge is 0.598 e. The second-order valence-corrected chi connectivity index (χ2v) is 10.1. The van der Waals surface area contributed by atoms with Gasteiger partial charge in [0.05, 0.1) is 0 Å². The Bertz CT molecular complexity index is 951. The number of amides is 1. The first kappa shape index (κ1) is 20.5. The molecule has 4 rings (SSSR count). The lowest BCUT2D eigenvalue weighted by molar-refractivity contribution is -0.124. The first-order valence-electron chi connectivity index (χ1n) is 9.74. The molecule has 29 heavy (non-hydrogen) atoms. The Hall–Kier alpha value is -1.81. The van der Waals surface area contributed by atoms with E-state index in [9.17, 15) is 13.6 Å². The normalized spacial score (nSPS) is 22.2. The maximum atomic E-state index is 12.9. The van der Waals surface area contributed by atoms with E-state index in [2.05, 4.69) is 15.5 Å². The molecule has 1 fully saturated rings. The van der Waals surface area contributed by atoms with Gasteiger partial charge in [-0.05, 0) is 37.0 Å². The molecule has 2 atom stereocenters. The summed E-state index contributed by atoms with van der Waals surface area (Å²) in [6.45, 7) is 1.35. The van der Waals surface area contributed by atoms with Gasteiger partial charge in [0.15, 0.2) is 0 Å². The smallest absolute Gasteiger partial charge is 0.243 e. The highest BCUT2D eigenvalue weighted by Crippen LogP contribution is 2.34. The van der Waals surface area contributed by atoms with E-state index in [4.69, 9.17) is 11.6 Å². The van der Waals surface area contributed by atoms with Crippen molar-refractivity contribution in [3.05, 3.63) is 46.5 Å². The average molecular weight is 438 g/mol. The number of aromatic nitrogens is 3. The van der Waals surface area contributed by atoms with Crippen LogP contribution >= 0.6 is 11.6 Å². The highest BCUT2D eigenvalue weighted by Gasteiger charge is 2.37. The van der Waals surface area contributed by atoms with E-state index in [1.54, 1.807) is 6.07 Å². The Labute approximate surface area is 176 Å². The summed E-state index contributed by atoms with van der Waals surface area (Å²) >= 11 is 6.01. The maximum Gasteiger partial charge on any atom is 0.243 e. The van der Waals surface area contributed by atoms with E-state index in [1.165, 1.54) is 10.6 Å². The fourth-order valence-electron chi connectivity index (χ4n) is 4.17. The maximum absolute atomic E-state index is 12.9. The third-order valence-electron chi connectivity index (χ3n) is 5.69. The van der Waals surface area contributed by atoms with E-state index in [0.29, 0.717) is 50.3 Å². The number of piperidine rings is 1. The van der Waals surface area contributed by atoms with Crippen LogP contribution in [0.25, 0.3) is 0 Å². The molecule has 2 unspecified atom stereocenters. The summed E-state index contributed by atoms with van der Waals surface area (Å²) < 4.78 is 27.0. The van der Waals surface area contributed by atoms with Gasteiger partial charge in [-0.3, -0.25) is 4.79 Å². The summed E-state index contributed by atoms with van der Waals surface area (Å²) in [4.78, 5) is 12.9. The minimum atomic E-state index is -3.17. The van der Waals surface area contributed by atoms with Gasteiger partial charge in [-0.1, -0.05) is 27.9 Å². The molecule has 0 spiro atoms. The van der Waals surface area contributed by atoms with Crippen LogP contribution in [0.3, 0.4) is 0 Å². The van der Waals surface area contributed by atoms with Crippen LogP contribution < -0.4 is 5.32 Å². The molecule has 1 N–H and O–H groups in total. The lowest BCUT2D eigenvalue weighted by Gasteiger charge is -2.32. The number of benzene rings is 1. The molecule has 10 heteroatoms. The molecule has 1 saturated heterocycles. The zero-order chi connectivity index (χ0) is 20.6. The number of hydrogen-bond donors (Lipinski definition) is 1. The summed E-state index contributed by atoms with van der Waals surface area (Å²) in [6, 6.07) is 7.09. The van der Waals surface area contributed by atoms with Gasteiger partial charge < -0.3 is 14.4 Å². The zero-order valence-corrected chi connectivity index (χ0v) is 17.8. The first-order chi connectivity index (χ1) is 13.8. The summed E-state index contributed by atoms with van der Waals surface area (Å²) in [5.74, 6) is 1.68. The molecule has 0 bridgehead atoms. The van der Waals surface area contributed by atoms with E-state index in [1.807, 2.05) is 22.8 Å². The van der Waals surface area contributed by atoms with Gasteiger partial charge in [-0.2, -0.15) is 0 Å². The third kappa shape index (κ3) is 4.37. The van der Waals surface area contributed by atoms with Crippen molar-refractivity contribution in [1.29, 1.82) is 0 Å². The number of nitrogens with zero attached hydrogens (tertiary/aromatic N) is 4. The summed E-state index contributed by atoms with van der Waals surface area (Å²) in [5, 5.41) is 12.3. The van der Waals surface area contributed by atoms with Gasteiger partial charge in [0, 0.05) is 37.0 Å². The number of fused-ring (bicyclic) bond motifs is 1. The SMILES string of the molecule is C[S+](=O)([O-])N1CCC(c2nnc3n2C(C(=O)NCc2cccc(Cl)c2)CC3)CC1. The summed E-state index contributed by atoms with van der Waals surface area (Å²) in [5.41, 5.74) is 0.946. The third-order valence-corrected chi connectivity index (χ3v) is 7.23. The summed E-state index contributed by atoms with van der Waals surface area (Å²) in [7, 11) is -3.17. The van der Waals surface area contributed by atoms with Crippen molar-refractivity contribution in [2.24, 2.45) is 0 Å². The fourth-order valence-corrected chi connectivity index (χ4v) is 5.26. The molecule has 3 heterocycles. The number of carbonyl (C=O) groups is 1. The number of rotatable bonds is 5. The van der Waals surface area contributed by atoms with Crippen molar-refractivity contribution in [3.8, 4) is 0 Å². The van der Waals surface area contributed by atoms with Crippen LogP contribution in [0.5, 0.6) is 0 Å². The van der Waals surface area contributed by atoms with E-state index >= 15 is 0 Å². The molecule has 1 aromatic heterocycles. The Kier molecular flexibility index (Phi) is 5.74. The number of hydrogen-bond acceptors (Lipinski definition) is 5. The van der Waals surface area contributed by atoms with Crippen molar-refractivity contribution in [3.63, 3.8) is 0 Å². The summed E-state index contributed by atoms with van der Waals surface area (Å²) in [6.07, 6.45) is 4.01. The lowest BCUT2D eigenvalue weighted by Crippen LogP contribution is -2.41. The van der Waals surface area contributed by atoms with Crippen LogP contribution in [0, 0.1) is 0 Å². The van der Waals surface area contributed by atoms with Gasteiger partial charge in [0.2, 0.25) is 5.91 Å². The van der Waals surface area contributed by atoms with Crippen molar-refractivity contribution >= 4 is 27.9 Å². The Balaban J connectivity index is 1.44. The minimum Gasteiger partial charge on any atom is -0.598 e. The number of sulfonamides is 1. The lowest BCUT2D eigenvalue weighted by atomic mass is 9.97. The first-order valence-corrected chi connectivity index (χ1v) is 12.0. The van der Waals surface area contributed by atoms with Gasteiger partial charge in [-0.25, -0.2) is 0 Å². The van der Waals surface area contributed by atoms with Crippen molar-refractivity contribution in [2.45, 2.75) is 44.2 Å². The molecular weight excluding hydrogens is 414 g/mol. The van der Waals surface area contributed by atoms with E-state index in [-0.39, 0.29) is 17.9 Å². The van der Waals surface area contributed by atoms with E-state index in [0.717, 1.165) is 17.2 Å². The van der Waals surface area contributed by atoms with Crippen LogP contribution in [0.4, 0.5) is 0 Å². The van der Waals surface area contributed by atoms with Gasteiger partial charge in [-0.15, -0.1) is 14.5 Å². The molecule has 0 saturated carbocycles. The van der Waals surface area contributed by atoms with Crippen LogP contribution in [0.1, 0.15) is 48.4 Å². The molecule has 1 amide bonds. The molecule has 8 nitrogen and oxygen atoms in total. The Morgan fingerprint density at radius 2 is 2.07 bits per heavy atom. The fraction of sp³-hybridized carbons (Fsp3) is 0.526. The van der Waals surface area contributed by atoms with Gasteiger partial charge >= 0.3 is 0 Å². The predicted molar refractivity (Wildman–Crippen MR) is 109 cm³/mol. The Morgan fingerprint density at radius 3 is 2.76 bits per heavy atom. The monoisotopic (exact) mass is 437 g/mol. The highest BCUT2D eigenvalue weighted by molar-refractivity contribution is 7.94. The number of halogens is 1. The molecule has 0 aliphatic carbocycles. The second-order valence-electron chi connectivity index (χ2n) is 7.68. The van der Waals surface area contributed by atoms with Crippen LogP contribution in [0.15, 0.2) is 24.3 Å². The minimum absolute atomic E-state index is 0.0571. The molecule has 1 aromatic carbocycles. The molecule has 2 aromatic rings. The second kappa shape index (κ2) is 8.14. The molecule has 0 radical (unpaired) electrons. The number of carbonyl (C=O) groups excluding carboxylic acids is 1. The van der Waals surface area contributed by atoms with Crippen molar-refractivity contribution in [1.82, 2.24) is 24.4 Å². The standard InChI is InChI=1S/C19H24ClN5O3S/c1-29(27,28)24-9-7-14(8-10-24)18-23-22-17-6-5-16(25(17)18)19(26)21-12-13-3-2-4-15(20)11-13/h2-4,11,14,16H,5-10,12H2,1H3,(H-,21,26,27,28). The van der Waals surface area contributed by atoms with E-state index < -0.39 is 10.4 Å². The van der Waals surface area contributed by atoms with Crippen LogP contribution in [-0.4, -0.2) is 48.9 Å². The van der Waals surface area contributed by atoms with Gasteiger partial charge in [0.1, 0.15) is 34.3 Å². The quantitative estimate of drug-likeness (QED) is 0.721. The zero-order valence-electron chi connectivity index (χ0n) is 16.2. The van der Waals surface area contributed by atoms with Crippen molar-refractivity contribution in [2.75, 3.05) is 19.3 Å². The van der Waals surface area contributed by atoms with Gasteiger partial charge in [0.25, 0.3) is 0 Å². The topological polar surface area (TPSA) is 103 Å². The number of aryl methyl sites for hydroxylation is 1. The van der Waals surface area contributed by atoms with Crippen LogP contribution in [0.2, 0.25) is 5.02 Å². The van der Waals surface area contributed by atoms with Crippen LogP contribution in [-0.2, 0) is 32.4 Å². The molecular formula is C19H24ClN5O3S. The molecule has 2 aliphatic rings. The van der Waals surface area contributed by atoms with Crippen molar-refractivity contribution < 1.29 is 13.6 Å². The molecule has 156 valence electrons. The molecule has 2 aliphatic heterocycles. The average Bonchev–Trinajstić information content (AvgIpc) is 3.28. The Morgan fingerprint density at radius 1 is 1.31 bits per heavy atom.